The third-order valence-corrected chi connectivity index (χ3v) is 9.90. The van der Waals surface area contributed by atoms with Crippen LogP contribution < -0.4 is 0 Å². The summed E-state index contributed by atoms with van der Waals surface area (Å²) >= 11 is 0. The Morgan fingerprint density at radius 1 is 1.09 bits per heavy atom. The highest BCUT2D eigenvalue weighted by molar-refractivity contribution is 7.89. The average Bonchev–Trinajstić information content (AvgIpc) is 3.32. The Balaban J connectivity index is 1.81. The average molecular weight is 640 g/mol. The summed E-state index contributed by atoms with van der Waals surface area (Å²) in [5.74, 6) is -3.69. The SMILES string of the molecule is COC(=O)[C@H]1c2c(c3ccccc3n2C(=O)OC(C)(C)C)CCN(S(=O)(=O)c2ccccc2[N+](=O)[O-])CC2=CC(=O)C(O)C[C@@H]21. The topological polar surface area (TPSA) is 175 Å². The zero-order valence-corrected chi connectivity index (χ0v) is 25.9. The number of aliphatic hydroxyl groups is 1. The quantitative estimate of drug-likeness (QED) is 0.252. The molecule has 0 fully saturated rings. The summed E-state index contributed by atoms with van der Waals surface area (Å²) in [6, 6.07) is 11.8. The first kappa shape index (κ1) is 32.0. The van der Waals surface area contributed by atoms with Gasteiger partial charge in [0.05, 0.1) is 17.5 Å². The molecule has 1 N–H and O–H groups in total. The number of sulfonamides is 1. The first-order valence-electron chi connectivity index (χ1n) is 14.2. The number of nitro benzene ring substituents is 1. The van der Waals surface area contributed by atoms with Crippen LogP contribution in [0.3, 0.4) is 0 Å². The zero-order chi connectivity index (χ0) is 32.8. The van der Waals surface area contributed by atoms with Gasteiger partial charge in [-0.15, -0.1) is 0 Å². The predicted molar refractivity (Wildman–Crippen MR) is 161 cm³/mol. The van der Waals surface area contributed by atoms with Gasteiger partial charge in [-0.2, -0.15) is 4.31 Å². The van der Waals surface area contributed by atoms with Crippen LogP contribution >= 0.6 is 0 Å². The van der Waals surface area contributed by atoms with Crippen LogP contribution in [0.4, 0.5) is 10.5 Å². The highest BCUT2D eigenvalue weighted by Crippen LogP contribution is 2.44. The minimum absolute atomic E-state index is 0.0184. The molecule has 3 atom stereocenters. The van der Waals surface area contributed by atoms with Crippen molar-refractivity contribution in [1.82, 2.24) is 8.87 Å². The van der Waals surface area contributed by atoms with E-state index in [2.05, 4.69) is 0 Å². The van der Waals surface area contributed by atoms with Crippen molar-refractivity contribution in [1.29, 1.82) is 0 Å². The van der Waals surface area contributed by atoms with Gasteiger partial charge >= 0.3 is 12.1 Å². The first-order valence-corrected chi connectivity index (χ1v) is 15.7. The van der Waals surface area contributed by atoms with Crippen molar-refractivity contribution in [2.45, 2.75) is 56.1 Å². The number of aromatic nitrogens is 1. The number of nitro groups is 1. The van der Waals surface area contributed by atoms with Gasteiger partial charge in [0.15, 0.2) is 10.7 Å². The number of hydrogen-bond donors (Lipinski definition) is 1. The lowest BCUT2D eigenvalue weighted by atomic mass is 9.75. The summed E-state index contributed by atoms with van der Waals surface area (Å²) in [5.41, 5.74) is -0.286. The summed E-state index contributed by atoms with van der Waals surface area (Å²) in [4.78, 5) is 50.8. The molecule has 0 spiro atoms. The van der Waals surface area contributed by atoms with Gasteiger partial charge < -0.3 is 14.6 Å². The van der Waals surface area contributed by atoms with Crippen LogP contribution in [0.5, 0.6) is 0 Å². The predicted octanol–water partition coefficient (Wildman–Crippen LogP) is 3.71. The molecule has 1 aromatic heterocycles. The molecule has 1 aliphatic heterocycles. The first-order chi connectivity index (χ1) is 21.2. The molecule has 1 aliphatic carbocycles. The zero-order valence-electron chi connectivity index (χ0n) is 25.1. The summed E-state index contributed by atoms with van der Waals surface area (Å²) in [6.45, 7) is 4.45. The Bertz CT molecular complexity index is 1850. The number of aliphatic hydroxyl groups excluding tert-OH is 1. The maximum atomic E-state index is 14.1. The normalized spacial score (nSPS) is 21.0. The largest absolute Gasteiger partial charge is 0.468 e. The molecule has 5 rings (SSSR count). The molecule has 14 heteroatoms. The lowest BCUT2D eigenvalue weighted by Crippen LogP contribution is -2.40. The van der Waals surface area contributed by atoms with E-state index in [1.54, 1.807) is 45.0 Å². The smallest absolute Gasteiger partial charge is 0.419 e. The molecule has 45 heavy (non-hydrogen) atoms. The van der Waals surface area contributed by atoms with Crippen LogP contribution in [0.15, 0.2) is 65.1 Å². The molecular formula is C31H33N3O10S. The van der Waals surface area contributed by atoms with Crippen LogP contribution in [0.1, 0.15) is 44.4 Å². The molecular weight excluding hydrogens is 606 g/mol. The van der Waals surface area contributed by atoms with E-state index in [1.165, 1.54) is 23.8 Å². The van der Waals surface area contributed by atoms with Gasteiger partial charge in [0.2, 0.25) is 10.0 Å². The fourth-order valence-electron chi connectivity index (χ4n) is 6.11. The van der Waals surface area contributed by atoms with Crippen molar-refractivity contribution < 1.29 is 42.3 Å². The Kier molecular flexibility index (Phi) is 8.42. The van der Waals surface area contributed by atoms with Crippen molar-refractivity contribution in [2.75, 3.05) is 20.2 Å². The van der Waals surface area contributed by atoms with E-state index in [9.17, 15) is 38.0 Å². The fourth-order valence-corrected chi connectivity index (χ4v) is 7.70. The highest BCUT2D eigenvalue weighted by atomic mass is 32.2. The standard InChI is InChI=1S/C31H33N3O10S/c1-31(2,3)44-30(38)33-22-10-6-5-9-19(22)20-13-14-32(45(41,42)26-12-8-7-11-23(26)34(39)40)17-18-15-24(35)25(36)16-21(18)27(28(20)33)29(37)43-4/h5-12,15,21,25,27,36H,13-14,16-17H2,1-4H3/t21-,25?,27+/m0/s1. The maximum absolute atomic E-state index is 14.1. The van der Waals surface area contributed by atoms with Gasteiger partial charge in [-0.3, -0.25) is 19.7 Å². The van der Waals surface area contributed by atoms with Crippen LogP contribution in [-0.4, -0.2) is 77.1 Å². The second-order valence-corrected chi connectivity index (χ2v) is 13.9. The number of carbonyl (C=O) groups excluding carboxylic acids is 3. The van der Waals surface area contributed by atoms with Gasteiger partial charge in [0, 0.05) is 36.2 Å². The van der Waals surface area contributed by atoms with Gasteiger partial charge in [0.1, 0.15) is 17.6 Å². The maximum Gasteiger partial charge on any atom is 0.419 e. The molecule has 13 nitrogen and oxygen atoms in total. The number of rotatable bonds is 4. The summed E-state index contributed by atoms with van der Waals surface area (Å²) in [5, 5.41) is 23.0. The lowest BCUT2D eigenvalue weighted by molar-refractivity contribution is -0.387. The summed E-state index contributed by atoms with van der Waals surface area (Å²) in [7, 11) is -3.37. The van der Waals surface area contributed by atoms with Crippen molar-refractivity contribution in [2.24, 2.45) is 5.92 Å². The highest BCUT2D eigenvalue weighted by Gasteiger charge is 2.46. The number of ether oxygens (including phenoxy) is 2. The molecule has 3 aromatic rings. The molecule has 1 unspecified atom stereocenters. The van der Waals surface area contributed by atoms with Gasteiger partial charge in [-0.1, -0.05) is 30.3 Å². The number of benzene rings is 2. The van der Waals surface area contributed by atoms with Crippen molar-refractivity contribution >= 4 is 44.5 Å². The molecule has 238 valence electrons. The van der Waals surface area contributed by atoms with E-state index < -0.39 is 73.5 Å². The van der Waals surface area contributed by atoms with Crippen molar-refractivity contribution in [3.63, 3.8) is 0 Å². The van der Waals surface area contributed by atoms with Gasteiger partial charge in [-0.25, -0.2) is 17.8 Å². The molecule has 0 saturated heterocycles. The van der Waals surface area contributed by atoms with Gasteiger partial charge in [0.25, 0.3) is 5.69 Å². The van der Waals surface area contributed by atoms with E-state index in [0.29, 0.717) is 16.5 Å². The van der Waals surface area contributed by atoms with E-state index in [4.69, 9.17) is 9.47 Å². The number of carbonyl (C=O) groups is 3. The number of ketones is 1. The molecule has 2 aliphatic rings. The van der Waals surface area contributed by atoms with Crippen LogP contribution in [0.2, 0.25) is 0 Å². The summed E-state index contributed by atoms with van der Waals surface area (Å²) in [6.07, 6.45) is -1.46. The monoisotopic (exact) mass is 639 g/mol. The summed E-state index contributed by atoms with van der Waals surface area (Å²) < 4.78 is 41.5. The van der Waals surface area contributed by atoms with E-state index in [-0.39, 0.29) is 30.7 Å². The molecule has 0 saturated carbocycles. The minimum atomic E-state index is -4.55. The van der Waals surface area contributed by atoms with Crippen molar-refractivity contribution in [3.8, 4) is 0 Å². The molecule has 2 aromatic carbocycles. The minimum Gasteiger partial charge on any atom is -0.468 e. The number of esters is 1. The number of nitrogens with zero attached hydrogens (tertiary/aromatic N) is 3. The Morgan fingerprint density at radius 2 is 1.76 bits per heavy atom. The Hall–Kier alpha value is -4.40. The molecule has 2 heterocycles. The number of fused-ring (bicyclic) bond motifs is 4. The number of methoxy groups -OCH3 is 1. The van der Waals surface area contributed by atoms with E-state index in [1.807, 2.05) is 0 Å². The van der Waals surface area contributed by atoms with E-state index >= 15 is 0 Å². The molecule has 0 radical (unpaired) electrons. The Labute approximate surface area is 259 Å². The van der Waals surface area contributed by atoms with E-state index in [0.717, 1.165) is 22.5 Å². The lowest BCUT2D eigenvalue weighted by Gasteiger charge is -2.34. The molecule has 0 amide bonds. The number of para-hydroxylation sites is 2. The van der Waals surface area contributed by atoms with Crippen LogP contribution in [-0.2, 0) is 35.5 Å². The Morgan fingerprint density at radius 3 is 2.42 bits per heavy atom. The fraction of sp³-hybridized carbons (Fsp3) is 0.387. The van der Waals surface area contributed by atoms with Gasteiger partial charge in [-0.05, 0) is 63.0 Å². The third kappa shape index (κ3) is 5.88. The molecule has 0 bridgehead atoms. The van der Waals surface area contributed by atoms with Crippen molar-refractivity contribution in [3.05, 3.63) is 81.6 Å². The number of hydrogen-bond acceptors (Lipinski definition) is 10. The second-order valence-electron chi connectivity index (χ2n) is 12.0. The third-order valence-electron chi connectivity index (χ3n) is 8.01. The van der Waals surface area contributed by atoms with Crippen LogP contribution in [0, 0.1) is 16.0 Å². The van der Waals surface area contributed by atoms with Crippen LogP contribution in [0.25, 0.3) is 10.9 Å². The second kappa shape index (κ2) is 11.8.